The number of anilines is 1. The SMILES string of the molecule is CCc1nc(-c2cc(F)cc(F)c2)c(N)n1C. The van der Waals surface area contributed by atoms with Crippen molar-refractivity contribution in [3.63, 3.8) is 0 Å². The van der Waals surface area contributed by atoms with Crippen LogP contribution in [0.1, 0.15) is 12.7 Å². The number of aromatic nitrogens is 2. The first-order chi connectivity index (χ1) is 8.02. The predicted molar refractivity (Wildman–Crippen MR) is 62.4 cm³/mol. The van der Waals surface area contributed by atoms with Gasteiger partial charge in [0.1, 0.15) is 29.0 Å². The van der Waals surface area contributed by atoms with E-state index in [-0.39, 0.29) is 0 Å². The Kier molecular flexibility index (Phi) is 2.83. The first kappa shape index (κ1) is 11.6. The fourth-order valence-corrected chi connectivity index (χ4v) is 1.78. The molecule has 0 atom stereocenters. The maximum atomic E-state index is 13.1. The van der Waals surface area contributed by atoms with Crippen molar-refractivity contribution >= 4 is 5.82 Å². The predicted octanol–water partition coefficient (Wildman–Crippen LogP) is 2.51. The maximum absolute atomic E-state index is 13.1. The maximum Gasteiger partial charge on any atom is 0.131 e. The van der Waals surface area contributed by atoms with Crippen molar-refractivity contribution < 1.29 is 8.78 Å². The van der Waals surface area contributed by atoms with Crippen LogP contribution >= 0.6 is 0 Å². The van der Waals surface area contributed by atoms with E-state index in [1.165, 1.54) is 12.1 Å². The zero-order valence-electron chi connectivity index (χ0n) is 9.67. The summed E-state index contributed by atoms with van der Waals surface area (Å²) in [6, 6.07) is 3.27. The van der Waals surface area contributed by atoms with E-state index in [2.05, 4.69) is 4.98 Å². The summed E-state index contributed by atoms with van der Waals surface area (Å²) < 4.78 is 28.0. The van der Waals surface area contributed by atoms with Crippen LogP contribution in [0.25, 0.3) is 11.3 Å². The molecule has 0 spiro atoms. The number of hydrogen-bond acceptors (Lipinski definition) is 2. The quantitative estimate of drug-likeness (QED) is 0.872. The largest absolute Gasteiger partial charge is 0.383 e. The summed E-state index contributed by atoms with van der Waals surface area (Å²) >= 11 is 0. The second-order valence-corrected chi connectivity index (χ2v) is 3.83. The summed E-state index contributed by atoms with van der Waals surface area (Å²) in [6.45, 7) is 1.94. The minimum absolute atomic E-state index is 0.357. The molecule has 90 valence electrons. The molecule has 3 nitrogen and oxygen atoms in total. The molecule has 17 heavy (non-hydrogen) atoms. The van der Waals surface area contributed by atoms with E-state index < -0.39 is 11.6 Å². The summed E-state index contributed by atoms with van der Waals surface area (Å²) in [5.41, 5.74) is 6.64. The highest BCUT2D eigenvalue weighted by Crippen LogP contribution is 2.27. The van der Waals surface area contributed by atoms with Crippen LogP contribution in [0.4, 0.5) is 14.6 Å². The highest BCUT2D eigenvalue weighted by Gasteiger charge is 2.14. The van der Waals surface area contributed by atoms with Crippen molar-refractivity contribution in [3.05, 3.63) is 35.7 Å². The van der Waals surface area contributed by atoms with Gasteiger partial charge in [-0.15, -0.1) is 0 Å². The van der Waals surface area contributed by atoms with Crippen LogP contribution in [-0.4, -0.2) is 9.55 Å². The van der Waals surface area contributed by atoms with Crippen LogP contribution in [0, 0.1) is 11.6 Å². The van der Waals surface area contributed by atoms with E-state index in [4.69, 9.17) is 5.73 Å². The highest BCUT2D eigenvalue weighted by atomic mass is 19.1. The summed E-state index contributed by atoms with van der Waals surface area (Å²) in [4.78, 5) is 4.28. The van der Waals surface area contributed by atoms with Crippen molar-refractivity contribution in [2.45, 2.75) is 13.3 Å². The standard InChI is InChI=1S/C12H13F2N3/c1-3-10-16-11(12(15)17(10)2)7-4-8(13)6-9(14)5-7/h4-6H,3,15H2,1-2H3. The number of imidazole rings is 1. The fourth-order valence-electron chi connectivity index (χ4n) is 1.78. The van der Waals surface area contributed by atoms with Gasteiger partial charge in [-0.05, 0) is 12.1 Å². The van der Waals surface area contributed by atoms with Gasteiger partial charge in [0.15, 0.2) is 0 Å². The lowest BCUT2D eigenvalue weighted by Crippen LogP contribution is -2.00. The number of aryl methyl sites for hydroxylation is 1. The Hall–Kier alpha value is -1.91. The van der Waals surface area contributed by atoms with Crippen molar-refractivity contribution in [1.29, 1.82) is 0 Å². The minimum Gasteiger partial charge on any atom is -0.383 e. The lowest BCUT2D eigenvalue weighted by Gasteiger charge is -2.01. The Morgan fingerprint density at radius 3 is 2.29 bits per heavy atom. The van der Waals surface area contributed by atoms with Crippen molar-refractivity contribution in [2.75, 3.05) is 5.73 Å². The molecule has 0 aliphatic carbocycles. The molecule has 0 fully saturated rings. The summed E-state index contributed by atoms with van der Waals surface area (Å²) in [6.07, 6.45) is 0.707. The van der Waals surface area contributed by atoms with E-state index in [1.807, 2.05) is 6.92 Å². The van der Waals surface area contributed by atoms with Crippen LogP contribution in [0.3, 0.4) is 0 Å². The molecule has 0 amide bonds. The van der Waals surface area contributed by atoms with Crippen LogP contribution in [-0.2, 0) is 13.5 Å². The fraction of sp³-hybridized carbons (Fsp3) is 0.250. The molecule has 0 aliphatic heterocycles. The van der Waals surface area contributed by atoms with Gasteiger partial charge >= 0.3 is 0 Å². The molecule has 2 aromatic rings. The zero-order valence-corrected chi connectivity index (χ0v) is 9.67. The van der Waals surface area contributed by atoms with E-state index in [0.717, 1.165) is 11.9 Å². The minimum atomic E-state index is -0.636. The molecule has 0 bridgehead atoms. The molecule has 5 heteroatoms. The molecule has 2 rings (SSSR count). The normalized spacial score (nSPS) is 10.8. The highest BCUT2D eigenvalue weighted by molar-refractivity contribution is 5.71. The van der Waals surface area contributed by atoms with Gasteiger partial charge < -0.3 is 10.3 Å². The molecule has 0 saturated heterocycles. The molecule has 1 heterocycles. The third kappa shape index (κ3) is 2.00. The van der Waals surface area contributed by atoms with Crippen molar-refractivity contribution in [1.82, 2.24) is 9.55 Å². The number of nitrogens with zero attached hydrogens (tertiary/aromatic N) is 2. The summed E-state index contributed by atoms with van der Waals surface area (Å²) in [7, 11) is 1.78. The van der Waals surface area contributed by atoms with Crippen LogP contribution in [0.15, 0.2) is 18.2 Å². The van der Waals surface area contributed by atoms with Crippen molar-refractivity contribution in [2.24, 2.45) is 7.05 Å². The molecular weight excluding hydrogens is 224 g/mol. The van der Waals surface area contributed by atoms with Crippen LogP contribution in [0.2, 0.25) is 0 Å². The van der Waals surface area contributed by atoms with Gasteiger partial charge in [0.05, 0.1) is 0 Å². The number of nitrogens with two attached hydrogens (primary N) is 1. The molecule has 1 aromatic carbocycles. The summed E-state index contributed by atoms with van der Waals surface area (Å²) in [5.74, 6) is -0.0831. The van der Waals surface area contributed by atoms with Gasteiger partial charge in [0.2, 0.25) is 0 Å². The zero-order chi connectivity index (χ0) is 12.6. The van der Waals surface area contributed by atoms with Gasteiger partial charge in [-0.3, -0.25) is 0 Å². The number of hydrogen-bond donors (Lipinski definition) is 1. The molecular formula is C12H13F2N3. The Balaban J connectivity index is 2.60. The van der Waals surface area contributed by atoms with Gasteiger partial charge in [0.25, 0.3) is 0 Å². The second-order valence-electron chi connectivity index (χ2n) is 3.83. The topological polar surface area (TPSA) is 43.8 Å². The molecule has 0 aliphatic rings. The number of benzene rings is 1. The first-order valence-corrected chi connectivity index (χ1v) is 5.30. The molecule has 0 saturated carbocycles. The monoisotopic (exact) mass is 237 g/mol. The van der Waals surface area contributed by atoms with Gasteiger partial charge in [0, 0.05) is 25.1 Å². The second kappa shape index (κ2) is 4.16. The van der Waals surface area contributed by atoms with E-state index in [1.54, 1.807) is 11.6 Å². The third-order valence-corrected chi connectivity index (χ3v) is 2.68. The molecule has 2 N–H and O–H groups in total. The Bertz CT molecular complexity index is 541. The number of rotatable bonds is 2. The van der Waals surface area contributed by atoms with Crippen molar-refractivity contribution in [3.8, 4) is 11.3 Å². The first-order valence-electron chi connectivity index (χ1n) is 5.30. The Morgan fingerprint density at radius 1 is 1.24 bits per heavy atom. The van der Waals surface area contributed by atoms with E-state index >= 15 is 0 Å². The van der Waals surface area contributed by atoms with Gasteiger partial charge in [-0.2, -0.15) is 0 Å². The lowest BCUT2D eigenvalue weighted by atomic mass is 10.1. The number of nitrogen functional groups attached to an aromatic ring is 1. The van der Waals surface area contributed by atoms with E-state index in [9.17, 15) is 8.78 Å². The lowest BCUT2D eigenvalue weighted by molar-refractivity contribution is 0.584. The van der Waals surface area contributed by atoms with E-state index in [0.29, 0.717) is 23.5 Å². The third-order valence-electron chi connectivity index (χ3n) is 2.68. The summed E-state index contributed by atoms with van der Waals surface area (Å²) in [5, 5.41) is 0. The Labute approximate surface area is 97.9 Å². The molecule has 0 radical (unpaired) electrons. The smallest absolute Gasteiger partial charge is 0.131 e. The average molecular weight is 237 g/mol. The molecule has 1 aromatic heterocycles. The molecule has 0 unspecified atom stereocenters. The average Bonchev–Trinajstić information content (AvgIpc) is 2.54. The van der Waals surface area contributed by atoms with Crippen LogP contribution in [0.5, 0.6) is 0 Å². The van der Waals surface area contributed by atoms with Gasteiger partial charge in [-0.1, -0.05) is 6.92 Å². The Morgan fingerprint density at radius 2 is 1.82 bits per heavy atom. The van der Waals surface area contributed by atoms with Gasteiger partial charge in [-0.25, -0.2) is 13.8 Å². The number of halogens is 2. The van der Waals surface area contributed by atoms with Crippen LogP contribution < -0.4 is 5.73 Å².